The van der Waals surface area contributed by atoms with Gasteiger partial charge in [-0.3, -0.25) is 4.98 Å². The summed E-state index contributed by atoms with van der Waals surface area (Å²) in [6, 6.07) is 1.79. The molecule has 2 N–H and O–H groups in total. The molecular formula is C11H10N4O2. The molecule has 0 aliphatic heterocycles. The smallest absolute Gasteiger partial charge is 0.405 e. The fourth-order valence-electron chi connectivity index (χ4n) is 1.84. The van der Waals surface area contributed by atoms with Crippen LogP contribution in [0.25, 0.3) is 10.9 Å². The average molecular weight is 230 g/mol. The van der Waals surface area contributed by atoms with E-state index in [-0.39, 0.29) is 0 Å². The van der Waals surface area contributed by atoms with E-state index in [0.717, 1.165) is 23.7 Å². The number of carbonyl (C=O) groups is 1. The first kappa shape index (κ1) is 9.95. The topological polar surface area (TPSA) is 88.0 Å². The summed E-state index contributed by atoms with van der Waals surface area (Å²) in [6.45, 7) is 0. The van der Waals surface area contributed by atoms with Gasteiger partial charge in [-0.1, -0.05) is 0 Å². The van der Waals surface area contributed by atoms with Gasteiger partial charge in [-0.15, -0.1) is 0 Å². The van der Waals surface area contributed by atoms with Crippen molar-refractivity contribution in [2.24, 2.45) is 0 Å². The van der Waals surface area contributed by atoms with Crippen molar-refractivity contribution in [3.8, 4) is 0 Å². The van der Waals surface area contributed by atoms with E-state index in [0.29, 0.717) is 5.82 Å². The molecule has 0 bridgehead atoms. The number of carboxylic acid groups (broad SMARTS) is 1. The Labute approximate surface area is 96.7 Å². The molecule has 0 radical (unpaired) electrons. The molecule has 0 unspecified atom stereocenters. The van der Waals surface area contributed by atoms with Crippen molar-refractivity contribution in [1.29, 1.82) is 0 Å². The highest BCUT2D eigenvalue weighted by Crippen LogP contribution is 2.43. The molecule has 1 saturated carbocycles. The van der Waals surface area contributed by atoms with Gasteiger partial charge >= 0.3 is 6.09 Å². The molecule has 6 heteroatoms. The van der Waals surface area contributed by atoms with E-state index >= 15 is 0 Å². The van der Waals surface area contributed by atoms with Crippen LogP contribution >= 0.6 is 0 Å². The third-order valence-corrected chi connectivity index (χ3v) is 2.90. The molecule has 3 rings (SSSR count). The summed E-state index contributed by atoms with van der Waals surface area (Å²) in [5.74, 6) is 0.540. The van der Waals surface area contributed by atoms with Crippen molar-refractivity contribution in [2.75, 3.05) is 0 Å². The molecule has 86 valence electrons. The lowest BCUT2D eigenvalue weighted by Crippen LogP contribution is -2.35. The van der Waals surface area contributed by atoms with Gasteiger partial charge in [0.2, 0.25) is 0 Å². The van der Waals surface area contributed by atoms with E-state index in [1.54, 1.807) is 24.7 Å². The predicted molar refractivity (Wildman–Crippen MR) is 59.4 cm³/mol. The summed E-state index contributed by atoms with van der Waals surface area (Å²) in [7, 11) is 0. The van der Waals surface area contributed by atoms with Crippen molar-refractivity contribution in [3.63, 3.8) is 0 Å². The quantitative estimate of drug-likeness (QED) is 0.811. The Morgan fingerprint density at radius 3 is 2.94 bits per heavy atom. The van der Waals surface area contributed by atoms with Gasteiger partial charge in [0.15, 0.2) is 5.82 Å². The molecule has 1 aliphatic carbocycles. The number of amides is 1. The van der Waals surface area contributed by atoms with Gasteiger partial charge in [-0.25, -0.2) is 14.8 Å². The van der Waals surface area contributed by atoms with E-state index < -0.39 is 11.6 Å². The average Bonchev–Trinajstić information content (AvgIpc) is 3.08. The maximum absolute atomic E-state index is 10.7. The second-order valence-corrected chi connectivity index (χ2v) is 4.14. The zero-order valence-corrected chi connectivity index (χ0v) is 8.92. The van der Waals surface area contributed by atoms with Crippen molar-refractivity contribution in [1.82, 2.24) is 20.3 Å². The first-order chi connectivity index (χ1) is 8.20. The summed E-state index contributed by atoms with van der Waals surface area (Å²) in [5, 5.41) is 12.1. The number of nitrogens with one attached hydrogen (secondary N) is 1. The molecule has 0 aromatic carbocycles. The number of hydrogen-bond donors (Lipinski definition) is 2. The van der Waals surface area contributed by atoms with Crippen LogP contribution in [-0.4, -0.2) is 26.2 Å². The van der Waals surface area contributed by atoms with Crippen molar-refractivity contribution >= 4 is 17.0 Å². The first-order valence-electron chi connectivity index (χ1n) is 5.28. The maximum Gasteiger partial charge on any atom is 0.405 e. The van der Waals surface area contributed by atoms with E-state index in [1.807, 2.05) is 0 Å². The van der Waals surface area contributed by atoms with Crippen LogP contribution in [0, 0.1) is 0 Å². The van der Waals surface area contributed by atoms with E-state index in [4.69, 9.17) is 5.11 Å². The standard InChI is InChI=1S/C11H10N4O2/c16-10(17)15-11(2-3-11)9-13-6-7-5-12-4-1-8(7)14-9/h1,4-6,15H,2-3H2,(H,16,17). The molecule has 1 fully saturated rings. The maximum atomic E-state index is 10.7. The Kier molecular flexibility index (Phi) is 1.98. The highest BCUT2D eigenvalue weighted by atomic mass is 16.4. The lowest BCUT2D eigenvalue weighted by molar-refractivity contribution is 0.187. The third-order valence-electron chi connectivity index (χ3n) is 2.90. The summed E-state index contributed by atoms with van der Waals surface area (Å²) in [6.07, 6.45) is 5.47. The minimum Gasteiger partial charge on any atom is -0.465 e. The van der Waals surface area contributed by atoms with Crippen LogP contribution < -0.4 is 5.32 Å². The molecule has 2 aromatic heterocycles. The highest BCUT2D eigenvalue weighted by Gasteiger charge is 2.48. The van der Waals surface area contributed by atoms with Crippen LogP contribution in [0.4, 0.5) is 4.79 Å². The lowest BCUT2D eigenvalue weighted by atomic mass is 10.2. The largest absolute Gasteiger partial charge is 0.465 e. The number of fused-ring (bicyclic) bond motifs is 1. The summed E-state index contributed by atoms with van der Waals surface area (Å²) >= 11 is 0. The van der Waals surface area contributed by atoms with Crippen LogP contribution in [0.2, 0.25) is 0 Å². The lowest BCUT2D eigenvalue weighted by Gasteiger charge is -2.13. The molecule has 1 aliphatic rings. The van der Waals surface area contributed by atoms with Crippen LogP contribution in [0.5, 0.6) is 0 Å². The van der Waals surface area contributed by atoms with Crippen molar-refractivity contribution in [3.05, 3.63) is 30.5 Å². The fraction of sp³-hybridized carbons (Fsp3) is 0.273. The SMILES string of the molecule is O=C(O)NC1(c2ncc3cnccc3n2)CC1. The zero-order chi connectivity index (χ0) is 11.9. The number of pyridine rings is 1. The minimum absolute atomic E-state index is 0.540. The number of nitrogens with zero attached hydrogens (tertiary/aromatic N) is 3. The van der Waals surface area contributed by atoms with Gasteiger partial charge in [0.05, 0.1) is 5.52 Å². The van der Waals surface area contributed by atoms with Gasteiger partial charge in [0.25, 0.3) is 0 Å². The Bertz CT molecular complexity index is 595. The minimum atomic E-state index is -1.04. The predicted octanol–water partition coefficient (Wildman–Crippen LogP) is 1.28. The molecule has 0 atom stereocenters. The van der Waals surface area contributed by atoms with Gasteiger partial charge in [-0.05, 0) is 18.9 Å². The molecular weight excluding hydrogens is 220 g/mol. The number of aromatic nitrogens is 3. The number of hydrogen-bond acceptors (Lipinski definition) is 4. The van der Waals surface area contributed by atoms with Gasteiger partial charge in [-0.2, -0.15) is 0 Å². The van der Waals surface area contributed by atoms with Crippen LogP contribution in [0.15, 0.2) is 24.7 Å². The Morgan fingerprint density at radius 1 is 1.41 bits per heavy atom. The van der Waals surface area contributed by atoms with Crippen molar-refractivity contribution in [2.45, 2.75) is 18.4 Å². The first-order valence-corrected chi connectivity index (χ1v) is 5.28. The third kappa shape index (κ3) is 1.67. The Hall–Kier alpha value is -2.24. The van der Waals surface area contributed by atoms with E-state index in [9.17, 15) is 4.79 Å². The second kappa shape index (κ2) is 3.38. The van der Waals surface area contributed by atoms with Gasteiger partial charge in [0.1, 0.15) is 5.54 Å². The summed E-state index contributed by atoms with van der Waals surface area (Å²) in [4.78, 5) is 23.3. The van der Waals surface area contributed by atoms with Crippen LogP contribution in [-0.2, 0) is 5.54 Å². The number of rotatable bonds is 2. The van der Waals surface area contributed by atoms with Gasteiger partial charge < -0.3 is 10.4 Å². The molecule has 6 nitrogen and oxygen atoms in total. The van der Waals surface area contributed by atoms with E-state index in [2.05, 4.69) is 20.3 Å². The fourth-order valence-corrected chi connectivity index (χ4v) is 1.84. The molecule has 17 heavy (non-hydrogen) atoms. The summed E-state index contributed by atoms with van der Waals surface area (Å²) < 4.78 is 0. The molecule has 0 spiro atoms. The monoisotopic (exact) mass is 230 g/mol. The van der Waals surface area contributed by atoms with E-state index in [1.165, 1.54) is 0 Å². The van der Waals surface area contributed by atoms with Crippen LogP contribution in [0.1, 0.15) is 18.7 Å². The summed E-state index contributed by atoms with van der Waals surface area (Å²) in [5.41, 5.74) is 0.201. The van der Waals surface area contributed by atoms with Crippen LogP contribution in [0.3, 0.4) is 0 Å². The highest BCUT2D eigenvalue weighted by molar-refractivity contribution is 5.76. The molecule has 2 aromatic rings. The Balaban J connectivity index is 2.03. The normalized spacial score (nSPS) is 16.7. The molecule has 2 heterocycles. The van der Waals surface area contributed by atoms with Crippen molar-refractivity contribution < 1.29 is 9.90 Å². The zero-order valence-electron chi connectivity index (χ0n) is 8.92. The Morgan fingerprint density at radius 2 is 2.24 bits per heavy atom. The molecule has 0 saturated heterocycles. The molecule has 1 amide bonds. The van der Waals surface area contributed by atoms with Gasteiger partial charge in [0, 0.05) is 24.0 Å². The second-order valence-electron chi connectivity index (χ2n) is 4.14.